The second-order valence-electron chi connectivity index (χ2n) is 8.54. The van der Waals surface area contributed by atoms with Gasteiger partial charge in [0, 0.05) is 25.2 Å². The normalized spacial score (nSPS) is 22.8. The highest BCUT2D eigenvalue weighted by molar-refractivity contribution is 7.76. The van der Waals surface area contributed by atoms with E-state index < -0.39 is 11.3 Å². The smallest absolute Gasteiger partial charge is 0.234 e. The van der Waals surface area contributed by atoms with Crippen molar-refractivity contribution < 1.29 is 13.9 Å². The molecule has 0 amide bonds. The largest absolute Gasteiger partial charge is 0.394 e. The summed E-state index contributed by atoms with van der Waals surface area (Å²) in [6, 6.07) is 0.111. The van der Waals surface area contributed by atoms with Gasteiger partial charge >= 0.3 is 0 Å². The average molecular weight is 438 g/mol. The second kappa shape index (κ2) is 9.13. The number of aromatic nitrogens is 4. The van der Waals surface area contributed by atoms with Crippen LogP contribution in [0.25, 0.3) is 11.2 Å². The van der Waals surface area contributed by atoms with Crippen LogP contribution in [0.5, 0.6) is 0 Å². The summed E-state index contributed by atoms with van der Waals surface area (Å²) in [5.74, 6) is 1.50. The maximum Gasteiger partial charge on any atom is 0.234 e. The molecule has 0 aromatic carbocycles. The Bertz CT molecular complexity index is 900. The van der Waals surface area contributed by atoms with E-state index in [1.807, 2.05) is 4.57 Å². The molecule has 11 heteroatoms. The summed E-state index contributed by atoms with van der Waals surface area (Å²) in [5.41, 5.74) is 1.41. The molecule has 1 saturated carbocycles. The van der Waals surface area contributed by atoms with Gasteiger partial charge in [-0.25, -0.2) is 9.19 Å². The summed E-state index contributed by atoms with van der Waals surface area (Å²) < 4.78 is 24.2. The van der Waals surface area contributed by atoms with Gasteiger partial charge in [0.25, 0.3) is 0 Å². The molecule has 1 saturated heterocycles. The zero-order valence-corrected chi connectivity index (χ0v) is 18.3. The minimum Gasteiger partial charge on any atom is -0.394 e. The van der Waals surface area contributed by atoms with Gasteiger partial charge in [0.2, 0.25) is 17.2 Å². The zero-order valence-electron chi connectivity index (χ0n) is 17.5. The number of nitrogens with one attached hydrogen (secondary N) is 2. The summed E-state index contributed by atoms with van der Waals surface area (Å²) in [5, 5.41) is 16.7. The first kappa shape index (κ1) is 21.4. The molecule has 1 aliphatic heterocycles. The lowest BCUT2D eigenvalue weighted by Gasteiger charge is -2.23. The van der Waals surface area contributed by atoms with Crippen molar-refractivity contribution in [2.75, 3.05) is 30.3 Å². The molecule has 2 fully saturated rings. The number of hydrogen-bond donors (Lipinski definition) is 4. The second-order valence-corrected chi connectivity index (χ2v) is 9.52. The molecule has 2 aliphatic rings. The van der Waals surface area contributed by atoms with Gasteiger partial charge in [0.05, 0.1) is 19.0 Å². The minimum atomic E-state index is -1.96. The van der Waals surface area contributed by atoms with Crippen molar-refractivity contribution in [1.82, 2.24) is 23.8 Å². The Morgan fingerprint density at radius 3 is 2.67 bits per heavy atom. The Kier molecular flexibility index (Phi) is 6.51. The Labute approximate surface area is 178 Å². The fourth-order valence-electron chi connectivity index (χ4n) is 4.48. The van der Waals surface area contributed by atoms with Crippen LogP contribution in [0, 0.1) is 5.92 Å². The maximum absolute atomic E-state index is 11.4. The molecule has 4 rings (SSSR count). The quantitative estimate of drug-likeness (QED) is 0.462. The van der Waals surface area contributed by atoms with Crippen LogP contribution in [-0.2, 0) is 11.3 Å². The third-order valence-electron chi connectivity index (χ3n) is 6.17. The van der Waals surface area contributed by atoms with E-state index in [0.29, 0.717) is 36.3 Å². The van der Waals surface area contributed by atoms with Crippen LogP contribution in [0.2, 0.25) is 0 Å². The van der Waals surface area contributed by atoms with E-state index in [9.17, 15) is 13.9 Å². The van der Waals surface area contributed by atoms with Crippen molar-refractivity contribution >= 4 is 34.2 Å². The molecule has 3 heterocycles. The van der Waals surface area contributed by atoms with Crippen molar-refractivity contribution in [3.63, 3.8) is 0 Å². The van der Waals surface area contributed by atoms with Crippen molar-refractivity contribution in [3.8, 4) is 0 Å². The van der Waals surface area contributed by atoms with Gasteiger partial charge in [0.1, 0.15) is 0 Å². The molecule has 3 atom stereocenters. The van der Waals surface area contributed by atoms with E-state index in [0.717, 1.165) is 24.9 Å². The monoisotopic (exact) mass is 437 g/mol. The zero-order chi connectivity index (χ0) is 21.3. The number of rotatable bonds is 8. The standard InChI is InChI=1S/C19H31N7O3S/c1-12(2)26-11-20-16-17(21-14-7-8-25(9-14)30(28)29)23-19(24-18(16)26)22-15(10-27)13-5-3-4-6-13/h11-15,27H,3-10H2,1-2H3,(H,28,29)(H2,21,22,23,24). The van der Waals surface area contributed by atoms with Gasteiger partial charge in [-0.2, -0.15) is 14.3 Å². The minimum absolute atomic E-state index is 0.000258. The highest BCUT2D eigenvalue weighted by atomic mass is 32.2. The number of aliphatic hydroxyl groups is 1. The van der Waals surface area contributed by atoms with Crippen molar-refractivity contribution in [2.24, 2.45) is 5.92 Å². The number of fused-ring (bicyclic) bond motifs is 1. The van der Waals surface area contributed by atoms with E-state index in [1.165, 1.54) is 17.1 Å². The molecule has 2 aromatic rings. The first-order valence-electron chi connectivity index (χ1n) is 10.7. The molecule has 166 valence electrons. The molecular formula is C19H31N7O3S. The van der Waals surface area contributed by atoms with E-state index in [4.69, 9.17) is 4.98 Å². The average Bonchev–Trinajstić information content (AvgIpc) is 3.46. The first-order valence-corrected chi connectivity index (χ1v) is 11.8. The van der Waals surface area contributed by atoms with E-state index >= 15 is 0 Å². The van der Waals surface area contributed by atoms with Gasteiger partial charge in [-0.3, -0.25) is 4.55 Å². The molecule has 30 heavy (non-hydrogen) atoms. The molecule has 4 N–H and O–H groups in total. The molecule has 10 nitrogen and oxygen atoms in total. The number of anilines is 2. The summed E-state index contributed by atoms with van der Waals surface area (Å²) in [6.45, 7) is 5.20. The number of nitrogens with zero attached hydrogens (tertiary/aromatic N) is 5. The summed E-state index contributed by atoms with van der Waals surface area (Å²) in [7, 11) is 0. The highest BCUT2D eigenvalue weighted by Crippen LogP contribution is 2.30. The lowest BCUT2D eigenvalue weighted by molar-refractivity contribution is 0.238. The molecule has 0 radical (unpaired) electrons. The fourth-order valence-corrected chi connectivity index (χ4v) is 5.05. The molecular weight excluding hydrogens is 406 g/mol. The van der Waals surface area contributed by atoms with Gasteiger partial charge in [-0.1, -0.05) is 12.8 Å². The maximum atomic E-state index is 11.4. The van der Waals surface area contributed by atoms with E-state index in [2.05, 4.69) is 34.4 Å². The van der Waals surface area contributed by atoms with Crippen molar-refractivity contribution in [1.29, 1.82) is 0 Å². The van der Waals surface area contributed by atoms with E-state index in [-0.39, 0.29) is 24.7 Å². The number of aliphatic hydroxyl groups excluding tert-OH is 1. The molecule has 1 aliphatic carbocycles. The third kappa shape index (κ3) is 4.43. The lowest BCUT2D eigenvalue weighted by Crippen LogP contribution is -2.32. The molecule has 3 unspecified atom stereocenters. The van der Waals surface area contributed by atoms with E-state index in [1.54, 1.807) is 6.33 Å². The summed E-state index contributed by atoms with van der Waals surface area (Å²) >= 11 is -1.96. The van der Waals surface area contributed by atoms with Crippen molar-refractivity contribution in [2.45, 2.75) is 64.1 Å². The van der Waals surface area contributed by atoms with Gasteiger partial charge in [-0.15, -0.1) is 0 Å². The van der Waals surface area contributed by atoms with Crippen LogP contribution < -0.4 is 10.6 Å². The van der Waals surface area contributed by atoms with Crippen LogP contribution >= 0.6 is 0 Å². The Morgan fingerprint density at radius 1 is 1.27 bits per heavy atom. The predicted molar refractivity (Wildman–Crippen MR) is 117 cm³/mol. The Hall–Kier alpha value is -1.82. The SMILES string of the molecule is CC(C)n1cnc2c(NC3CCN(S(=O)O)C3)nc(NC(CO)C3CCCC3)nc21. The van der Waals surface area contributed by atoms with Crippen LogP contribution in [-0.4, -0.2) is 69.5 Å². The lowest BCUT2D eigenvalue weighted by atomic mass is 9.99. The van der Waals surface area contributed by atoms with Crippen LogP contribution in [0.4, 0.5) is 11.8 Å². The van der Waals surface area contributed by atoms with Crippen molar-refractivity contribution in [3.05, 3.63) is 6.33 Å². The fraction of sp³-hybridized carbons (Fsp3) is 0.737. The molecule has 0 bridgehead atoms. The first-order chi connectivity index (χ1) is 14.5. The summed E-state index contributed by atoms with van der Waals surface area (Å²) in [6.07, 6.45) is 7.10. The Balaban J connectivity index is 1.63. The Morgan fingerprint density at radius 2 is 2.03 bits per heavy atom. The third-order valence-corrected chi connectivity index (χ3v) is 6.94. The number of imidazole rings is 1. The van der Waals surface area contributed by atoms with Gasteiger partial charge < -0.3 is 20.3 Å². The van der Waals surface area contributed by atoms with Gasteiger partial charge in [-0.05, 0) is 39.0 Å². The van der Waals surface area contributed by atoms with Gasteiger partial charge in [0.15, 0.2) is 17.0 Å². The summed E-state index contributed by atoms with van der Waals surface area (Å²) in [4.78, 5) is 13.9. The molecule has 2 aromatic heterocycles. The van der Waals surface area contributed by atoms with Crippen LogP contribution in [0.1, 0.15) is 52.0 Å². The predicted octanol–water partition coefficient (Wildman–Crippen LogP) is 1.99. The molecule has 0 spiro atoms. The number of hydrogen-bond acceptors (Lipinski definition) is 7. The van der Waals surface area contributed by atoms with Crippen LogP contribution in [0.15, 0.2) is 6.33 Å². The topological polar surface area (TPSA) is 128 Å². The van der Waals surface area contributed by atoms with Crippen LogP contribution in [0.3, 0.4) is 0 Å². The highest BCUT2D eigenvalue weighted by Gasteiger charge is 2.29.